The number of likely N-dealkylation sites (tertiary alicyclic amines) is 1. The number of H-pyrrole nitrogens is 1. The standard InChI is InChI=1S/C22H24N10O/c1-14(2)30-21(33)17-8-26-18(9-25-17)31-11-22(12-31,4-5-23)32-10-15(7-29-32)19-16-3-6-24-20(16)28-13-27-19/h3,6-7,9-10,13-14,17H,4,8,11-12H2,1-2H3,(H,30,33)(H,24,27,28). The maximum atomic E-state index is 12.2. The average Bonchev–Trinajstić information content (AvgIpc) is 3.45. The second-order valence-corrected chi connectivity index (χ2v) is 8.71. The summed E-state index contributed by atoms with van der Waals surface area (Å²) in [6, 6.07) is 3.81. The predicted molar refractivity (Wildman–Crippen MR) is 123 cm³/mol. The number of nitriles is 1. The van der Waals surface area contributed by atoms with Gasteiger partial charge in [0.25, 0.3) is 0 Å². The monoisotopic (exact) mass is 444 g/mol. The molecule has 1 unspecified atom stereocenters. The van der Waals surface area contributed by atoms with Crippen LogP contribution in [0.5, 0.6) is 0 Å². The number of hydrogen-bond donors (Lipinski definition) is 2. The van der Waals surface area contributed by atoms with E-state index in [0.29, 0.717) is 26.1 Å². The summed E-state index contributed by atoms with van der Waals surface area (Å²) in [5.41, 5.74) is 1.97. The molecule has 0 saturated carbocycles. The molecule has 1 atom stereocenters. The van der Waals surface area contributed by atoms with Gasteiger partial charge in [-0.15, -0.1) is 0 Å². The topological polar surface area (TPSA) is 140 Å². The number of aliphatic imine (C=N–C) groups is 2. The fourth-order valence-corrected chi connectivity index (χ4v) is 4.26. The summed E-state index contributed by atoms with van der Waals surface area (Å²) in [5.74, 6) is 0.617. The number of fused-ring (bicyclic) bond motifs is 1. The molecule has 1 amide bonds. The molecule has 2 N–H and O–H groups in total. The lowest BCUT2D eigenvalue weighted by Gasteiger charge is -2.50. The van der Waals surface area contributed by atoms with Crippen molar-refractivity contribution in [2.75, 3.05) is 19.6 Å². The van der Waals surface area contributed by atoms with Crippen molar-refractivity contribution in [3.63, 3.8) is 0 Å². The molecule has 0 aromatic carbocycles. The number of nitrogens with one attached hydrogen (secondary N) is 2. The molecule has 2 aliphatic heterocycles. The fourth-order valence-electron chi connectivity index (χ4n) is 4.26. The molecule has 0 bridgehead atoms. The molecule has 0 spiro atoms. The van der Waals surface area contributed by atoms with Crippen molar-refractivity contribution < 1.29 is 4.79 Å². The molecule has 11 nitrogen and oxygen atoms in total. The molecule has 33 heavy (non-hydrogen) atoms. The molecule has 5 heterocycles. The minimum Gasteiger partial charge on any atom is -0.352 e. The lowest BCUT2D eigenvalue weighted by Crippen LogP contribution is -2.65. The first-order valence-corrected chi connectivity index (χ1v) is 10.8. The predicted octanol–water partition coefficient (Wildman–Crippen LogP) is 1.12. The van der Waals surface area contributed by atoms with E-state index in [4.69, 9.17) is 0 Å². The van der Waals surface area contributed by atoms with Crippen LogP contribution in [0.15, 0.2) is 41.0 Å². The van der Waals surface area contributed by atoms with E-state index in [1.807, 2.05) is 37.0 Å². The normalized spacial score (nSPS) is 19.3. The molecule has 3 aromatic rings. The smallest absolute Gasteiger partial charge is 0.246 e. The van der Waals surface area contributed by atoms with Crippen LogP contribution >= 0.6 is 0 Å². The van der Waals surface area contributed by atoms with Crippen LogP contribution in [0.25, 0.3) is 22.3 Å². The van der Waals surface area contributed by atoms with Gasteiger partial charge in [0.2, 0.25) is 5.91 Å². The zero-order chi connectivity index (χ0) is 23.0. The molecular weight excluding hydrogens is 420 g/mol. The third-order valence-electron chi connectivity index (χ3n) is 5.93. The minimum atomic E-state index is -0.493. The van der Waals surface area contributed by atoms with E-state index in [-0.39, 0.29) is 11.9 Å². The first kappa shape index (κ1) is 20.8. The number of nitrogens with zero attached hydrogens (tertiary/aromatic N) is 8. The Kier molecular flexibility index (Phi) is 5.12. The number of aromatic amines is 1. The van der Waals surface area contributed by atoms with E-state index in [1.54, 1.807) is 12.4 Å². The summed E-state index contributed by atoms with van der Waals surface area (Å²) in [5, 5.41) is 17.9. The summed E-state index contributed by atoms with van der Waals surface area (Å²) >= 11 is 0. The van der Waals surface area contributed by atoms with Gasteiger partial charge in [0.1, 0.15) is 29.4 Å². The van der Waals surface area contributed by atoms with E-state index < -0.39 is 11.6 Å². The van der Waals surface area contributed by atoms with Gasteiger partial charge in [-0.25, -0.2) is 9.97 Å². The van der Waals surface area contributed by atoms with Crippen LogP contribution in [-0.2, 0) is 10.3 Å². The fraction of sp³-hybridized carbons (Fsp3) is 0.409. The number of amidine groups is 1. The van der Waals surface area contributed by atoms with E-state index in [0.717, 1.165) is 28.1 Å². The number of hydrogen-bond acceptors (Lipinski definition) is 8. The van der Waals surface area contributed by atoms with Crippen molar-refractivity contribution in [1.82, 2.24) is 34.9 Å². The Hall–Kier alpha value is -4.07. The van der Waals surface area contributed by atoms with Crippen molar-refractivity contribution in [2.45, 2.75) is 37.9 Å². The molecule has 168 valence electrons. The Labute approximate surface area is 190 Å². The summed E-state index contributed by atoms with van der Waals surface area (Å²) < 4.78 is 1.86. The molecule has 11 heteroatoms. The summed E-state index contributed by atoms with van der Waals surface area (Å²) in [6.45, 7) is 5.32. The second kappa shape index (κ2) is 8.12. The van der Waals surface area contributed by atoms with Crippen LogP contribution in [-0.4, -0.2) is 79.3 Å². The van der Waals surface area contributed by atoms with Gasteiger partial charge >= 0.3 is 0 Å². The number of rotatable bonds is 5. The van der Waals surface area contributed by atoms with Crippen LogP contribution < -0.4 is 5.32 Å². The van der Waals surface area contributed by atoms with Gasteiger partial charge in [-0.3, -0.25) is 19.5 Å². The second-order valence-electron chi connectivity index (χ2n) is 8.71. The van der Waals surface area contributed by atoms with Gasteiger partial charge in [-0.1, -0.05) is 0 Å². The van der Waals surface area contributed by atoms with Crippen molar-refractivity contribution in [3.05, 3.63) is 31.0 Å². The van der Waals surface area contributed by atoms with E-state index >= 15 is 0 Å². The number of carbonyl (C=O) groups is 1. The molecule has 0 radical (unpaired) electrons. The molecule has 3 aromatic heterocycles. The highest BCUT2D eigenvalue weighted by atomic mass is 16.2. The highest BCUT2D eigenvalue weighted by molar-refractivity contribution is 6.30. The third-order valence-corrected chi connectivity index (χ3v) is 5.93. The average molecular weight is 445 g/mol. The van der Waals surface area contributed by atoms with Crippen LogP contribution in [0.1, 0.15) is 20.3 Å². The summed E-state index contributed by atoms with van der Waals surface area (Å²) in [7, 11) is 0. The van der Waals surface area contributed by atoms with Crippen LogP contribution in [0.3, 0.4) is 0 Å². The van der Waals surface area contributed by atoms with E-state index in [2.05, 4.69) is 46.3 Å². The van der Waals surface area contributed by atoms with Crippen LogP contribution in [0.4, 0.5) is 0 Å². The highest BCUT2D eigenvalue weighted by Crippen LogP contribution is 2.34. The maximum absolute atomic E-state index is 12.2. The van der Waals surface area contributed by atoms with Gasteiger partial charge in [-0.2, -0.15) is 10.4 Å². The first-order valence-electron chi connectivity index (χ1n) is 10.8. The summed E-state index contributed by atoms with van der Waals surface area (Å²) in [6.07, 6.45) is 9.04. The molecule has 5 rings (SSSR count). The van der Waals surface area contributed by atoms with Gasteiger partial charge < -0.3 is 15.2 Å². The lowest BCUT2D eigenvalue weighted by atomic mass is 9.86. The Balaban J connectivity index is 1.31. The van der Waals surface area contributed by atoms with E-state index in [9.17, 15) is 10.1 Å². The quantitative estimate of drug-likeness (QED) is 0.604. The molecule has 1 fully saturated rings. The maximum Gasteiger partial charge on any atom is 0.246 e. The number of amides is 1. The van der Waals surface area contributed by atoms with Gasteiger partial charge in [0, 0.05) is 42.5 Å². The largest absolute Gasteiger partial charge is 0.352 e. The van der Waals surface area contributed by atoms with E-state index in [1.165, 1.54) is 6.33 Å². The highest BCUT2D eigenvalue weighted by Gasteiger charge is 2.47. The van der Waals surface area contributed by atoms with Crippen molar-refractivity contribution in [1.29, 1.82) is 5.26 Å². The van der Waals surface area contributed by atoms with Crippen LogP contribution in [0.2, 0.25) is 0 Å². The van der Waals surface area contributed by atoms with Crippen molar-refractivity contribution >= 4 is 29.0 Å². The minimum absolute atomic E-state index is 0.0645. The van der Waals surface area contributed by atoms with Gasteiger partial charge in [-0.05, 0) is 19.9 Å². The first-order chi connectivity index (χ1) is 16.0. The molecular formula is C22H24N10O. The van der Waals surface area contributed by atoms with Crippen molar-refractivity contribution in [3.8, 4) is 17.3 Å². The SMILES string of the molecule is CC(C)NC(=O)C1CN=C(N2CC(CC#N)(n3cc(-c4ncnc5[nH]ccc45)cn3)C2)C=N1. The van der Waals surface area contributed by atoms with Crippen LogP contribution in [0, 0.1) is 11.3 Å². The zero-order valence-electron chi connectivity index (χ0n) is 18.4. The van der Waals surface area contributed by atoms with Gasteiger partial charge in [0.15, 0.2) is 0 Å². The number of aromatic nitrogens is 5. The van der Waals surface area contributed by atoms with Crippen molar-refractivity contribution in [2.24, 2.45) is 9.98 Å². The molecule has 0 aliphatic carbocycles. The lowest BCUT2D eigenvalue weighted by molar-refractivity contribution is -0.122. The Bertz CT molecular complexity index is 1290. The van der Waals surface area contributed by atoms with Gasteiger partial charge in [0.05, 0.1) is 37.1 Å². The number of carbonyl (C=O) groups excluding carboxylic acids is 1. The third kappa shape index (κ3) is 3.73. The Morgan fingerprint density at radius 1 is 1.39 bits per heavy atom. The zero-order valence-corrected chi connectivity index (χ0v) is 18.4. The Morgan fingerprint density at radius 3 is 2.97 bits per heavy atom. The summed E-state index contributed by atoms with van der Waals surface area (Å²) in [4.78, 5) is 34.9. The molecule has 2 aliphatic rings. The Morgan fingerprint density at radius 2 is 2.24 bits per heavy atom. The molecule has 1 saturated heterocycles.